The largest absolute Gasteiger partial charge is 0.469 e. The molecule has 0 bridgehead atoms. The van der Waals surface area contributed by atoms with Crippen LogP contribution in [-0.2, 0) is 0 Å². The number of nitrogens with one attached hydrogen (secondary N) is 1. The quantitative estimate of drug-likeness (QED) is 0.714. The highest BCUT2D eigenvalue weighted by Crippen LogP contribution is 2.33. The Morgan fingerprint density at radius 3 is 2.81 bits per heavy atom. The molecule has 110 valence electrons. The van der Waals surface area contributed by atoms with Gasteiger partial charge in [0.25, 0.3) is 0 Å². The van der Waals surface area contributed by atoms with Crippen LogP contribution in [-0.4, -0.2) is 6.54 Å². The first-order valence-electron chi connectivity index (χ1n) is 7.16. The molecule has 1 unspecified atom stereocenters. The Morgan fingerprint density at radius 2 is 2.14 bits per heavy atom. The van der Waals surface area contributed by atoms with E-state index >= 15 is 0 Å². The number of furan rings is 2. The van der Waals surface area contributed by atoms with Gasteiger partial charge in [-0.25, -0.2) is 0 Å². The Hall–Kier alpha value is -1.71. The van der Waals surface area contributed by atoms with Gasteiger partial charge in [0, 0.05) is 10.9 Å². The molecule has 1 atom stereocenters. The Kier molecular flexibility index (Phi) is 4.04. The lowest BCUT2D eigenvalue weighted by atomic mass is 10.0. The fourth-order valence-corrected chi connectivity index (χ4v) is 2.76. The van der Waals surface area contributed by atoms with E-state index in [9.17, 15) is 0 Å². The molecule has 2 heterocycles. The second kappa shape index (κ2) is 5.96. The van der Waals surface area contributed by atoms with Crippen LogP contribution in [0.1, 0.15) is 36.5 Å². The molecule has 0 aliphatic heterocycles. The van der Waals surface area contributed by atoms with Crippen molar-refractivity contribution in [3.05, 3.63) is 58.7 Å². The van der Waals surface area contributed by atoms with Crippen LogP contribution in [0, 0.1) is 6.92 Å². The van der Waals surface area contributed by atoms with Gasteiger partial charge in [0.1, 0.15) is 11.5 Å². The van der Waals surface area contributed by atoms with Crippen LogP contribution in [0.2, 0.25) is 5.02 Å². The van der Waals surface area contributed by atoms with Gasteiger partial charge in [0.15, 0.2) is 5.58 Å². The molecule has 0 aliphatic carbocycles. The lowest BCUT2D eigenvalue weighted by molar-refractivity contribution is 0.459. The van der Waals surface area contributed by atoms with E-state index in [1.165, 1.54) is 0 Å². The van der Waals surface area contributed by atoms with E-state index in [4.69, 9.17) is 20.4 Å². The minimum atomic E-state index is -0.0211. The summed E-state index contributed by atoms with van der Waals surface area (Å²) in [6, 6.07) is 9.79. The molecular weight excluding hydrogens is 286 g/mol. The monoisotopic (exact) mass is 303 g/mol. The van der Waals surface area contributed by atoms with E-state index in [1.807, 2.05) is 37.3 Å². The molecule has 0 amide bonds. The lowest BCUT2D eigenvalue weighted by Gasteiger charge is -2.15. The summed E-state index contributed by atoms with van der Waals surface area (Å²) in [5, 5.41) is 5.16. The highest BCUT2D eigenvalue weighted by molar-refractivity contribution is 6.34. The van der Waals surface area contributed by atoms with Gasteiger partial charge in [-0.2, -0.15) is 0 Å². The summed E-state index contributed by atoms with van der Waals surface area (Å²) in [6.07, 6.45) is 2.76. The number of hydrogen-bond acceptors (Lipinski definition) is 3. The van der Waals surface area contributed by atoms with Crippen molar-refractivity contribution in [3.8, 4) is 0 Å². The van der Waals surface area contributed by atoms with Gasteiger partial charge >= 0.3 is 0 Å². The van der Waals surface area contributed by atoms with Crippen molar-refractivity contribution >= 4 is 22.6 Å². The maximum Gasteiger partial charge on any atom is 0.152 e. The van der Waals surface area contributed by atoms with Gasteiger partial charge in [-0.3, -0.25) is 0 Å². The molecule has 2 aromatic heterocycles. The molecule has 3 nitrogen and oxygen atoms in total. The summed E-state index contributed by atoms with van der Waals surface area (Å²) in [5.74, 6) is 1.76. The third-order valence-corrected chi connectivity index (χ3v) is 3.91. The second-order valence-electron chi connectivity index (χ2n) is 5.13. The van der Waals surface area contributed by atoms with Gasteiger partial charge in [0.05, 0.1) is 17.3 Å². The van der Waals surface area contributed by atoms with Crippen LogP contribution < -0.4 is 5.32 Å². The van der Waals surface area contributed by atoms with E-state index in [1.54, 1.807) is 6.26 Å². The molecule has 3 rings (SSSR count). The minimum Gasteiger partial charge on any atom is -0.469 e. The van der Waals surface area contributed by atoms with Gasteiger partial charge in [0.2, 0.25) is 0 Å². The lowest BCUT2D eigenvalue weighted by Crippen LogP contribution is -2.22. The molecule has 4 heteroatoms. The predicted molar refractivity (Wildman–Crippen MR) is 84.8 cm³/mol. The number of para-hydroxylation sites is 1. The van der Waals surface area contributed by atoms with Crippen LogP contribution >= 0.6 is 11.6 Å². The molecule has 1 N–H and O–H groups in total. The molecule has 0 saturated carbocycles. The van der Waals surface area contributed by atoms with Gasteiger partial charge in [-0.1, -0.05) is 30.7 Å². The highest BCUT2D eigenvalue weighted by atomic mass is 35.5. The van der Waals surface area contributed by atoms with Crippen molar-refractivity contribution < 1.29 is 8.83 Å². The molecule has 0 spiro atoms. The Balaban J connectivity index is 2.05. The fraction of sp³-hybridized carbons (Fsp3) is 0.294. The van der Waals surface area contributed by atoms with Gasteiger partial charge in [-0.15, -0.1) is 0 Å². The van der Waals surface area contributed by atoms with E-state index in [0.29, 0.717) is 5.02 Å². The summed E-state index contributed by atoms with van der Waals surface area (Å²) in [7, 11) is 0. The van der Waals surface area contributed by atoms with Crippen molar-refractivity contribution in [3.63, 3.8) is 0 Å². The minimum absolute atomic E-state index is 0.0211. The summed E-state index contributed by atoms with van der Waals surface area (Å²) < 4.78 is 11.4. The number of benzene rings is 1. The molecule has 0 saturated heterocycles. The summed E-state index contributed by atoms with van der Waals surface area (Å²) in [5.41, 5.74) is 1.83. The first-order chi connectivity index (χ1) is 10.2. The standard InChI is InChI=1S/C17H18ClNO2/c1-3-8-19-16(13-7-9-20-11(13)2)15-10-12-5-4-6-14(18)17(12)21-15/h4-7,9-10,16,19H,3,8H2,1-2H3. The fourth-order valence-electron chi connectivity index (χ4n) is 2.54. The smallest absolute Gasteiger partial charge is 0.152 e. The third kappa shape index (κ3) is 2.71. The van der Waals surface area contributed by atoms with Crippen molar-refractivity contribution in [2.24, 2.45) is 0 Å². The Labute approximate surface area is 128 Å². The summed E-state index contributed by atoms with van der Waals surface area (Å²) in [4.78, 5) is 0. The number of fused-ring (bicyclic) bond motifs is 1. The zero-order valence-electron chi connectivity index (χ0n) is 12.2. The van der Waals surface area contributed by atoms with E-state index in [-0.39, 0.29) is 6.04 Å². The van der Waals surface area contributed by atoms with Crippen molar-refractivity contribution in [1.29, 1.82) is 0 Å². The van der Waals surface area contributed by atoms with Gasteiger partial charge < -0.3 is 14.2 Å². The Bertz CT molecular complexity index is 744. The molecular formula is C17H18ClNO2. The number of rotatable bonds is 5. The summed E-state index contributed by atoms with van der Waals surface area (Å²) >= 11 is 6.20. The number of aryl methyl sites for hydroxylation is 1. The van der Waals surface area contributed by atoms with Crippen LogP contribution in [0.3, 0.4) is 0 Å². The van der Waals surface area contributed by atoms with Crippen LogP contribution in [0.15, 0.2) is 45.4 Å². The molecule has 21 heavy (non-hydrogen) atoms. The predicted octanol–water partition coefficient (Wildman–Crippen LogP) is 5.08. The molecule has 0 aliphatic rings. The van der Waals surface area contributed by atoms with E-state index in [0.717, 1.165) is 41.0 Å². The second-order valence-corrected chi connectivity index (χ2v) is 5.53. The summed E-state index contributed by atoms with van der Waals surface area (Å²) in [6.45, 7) is 5.01. The van der Waals surface area contributed by atoms with Crippen molar-refractivity contribution in [2.75, 3.05) is 6.54 Å². The van der Waals surface area contributed by atoms with Crippen molar-refractivity contribution in [1.82, 2.24) is 5.32 Å². The number of halogens is 1. The average Bonchev–Trinajstić information content (AvgIpc) is 3.07. The van der Waals surface area contributed by atoms with Crippen LogP contribution in [0.25, 0.3) is 11.0 Å². The maximum atomic E-state index is 6.20. The average molecular weight is 304 g/mol. The number of hydrogen-bond donors (Lipinski definition) is 1. The van der Waals surface area contributed by atoms with Crippen molar-refractivity contribution in [2.45, 2.75) is 26.3 Å². The van der Waals surface area contributed by atoms with Crippen LogP contribution in [0.4, 0.5) is 0 Å². The van der Waals surface area contributed by atoms with E-state index < -0.39 is 0 Å². The first-order valence-corrected chi connectivity index (χ1v) is 7.54. The first kappa shape index (κ1) is 14.2. The van der Waals surface area contributed by atoms with Crippen LogP contribution in [0.5, 0.6) is 0 Å². The zero-order valence-corrected chi connectivity index (χ0v) is 12.9. The molecule has 0 fully saturated rings. The molecule has 1 aromatic carbocycles. The third-order valence-electron chi connectivity index (χ3n) is 3.61. The normalized spacial score (nSPS) is 12.9. The zero-order chi connectivity index (χ0) is 14.8. The highest BCUT2D eigenvalue weighted by Gasteiger charge is 2.21. The maximum absolute atomic E-state index is 6.20. The Morgan fingerprint density at radius 1 is 1.29 bits per heavy atom. The molecule has 3 aromatic rings. The van der Waals surface area contributed by atoms with E-state index in [2.05, 4.69) is 12.2 Å². The molecule has 0 radical (unpaired) electrons. The van der Waals surface area contributed by atoms with Gasteiger partial charge in [-0.05, 0) is 38.1 Å². The topological polar surface area (TPSA) is 38.3 Å². The SMILES string of the molecule is CCCNC(c1cc2cccc(Cl)c2o1)c1ccoc1C.